The van der Waals surface area contributed by atoms with Gasteiger partial charge in [-0.05, 0) is 31.6 Å². The lowest BCUT2D eigenvalue weighted by atomic mass is 9.80. The van der Waals surface area contributed by atoms with Crippen molar-refractivity contribution in [3.63, 3.8) is 0 Å². The number of carbonyl (C=O) groups is 5. The van der Waals surface area contributed by atoms with Crippen LogP contribution in [0.1, 0.15) is 47.5 Å². The molecule has 0 bridgehead atoms. The van der Waals surface area contributed by atoms with E-state index in [1.54, 1.807) is 6.92 Å². The molecule has 1 aromatic heterocycles. The number of ketones is 2. The summed E-state index contributed by atoms with van der Waals surface area (Å²) >= 11 is 0. The van der Waals surface area contributed by atoms with Crippen molar-refractivity contribution < 1.29 is 47.4 Å². The van der Waals surface area contributed by atoms with Gasteiger partial charge in [0.05, 0.1) is 6.54 Å². The Morgan fingerprint density at radius 2 is 1.60 bits per heavy atom. The van der Waals surface area contributed by atoms with Crippen LogP contribution in [0, 0.1) is 11.8 Å². The Kier molecular flexibility index (Phi) is 10.2. The number of nitrogens with zero attached hydrogens (tertiary/aromatic N) is 4. The lowest BCUT2D eigenvalue weighted by Gasteiger charge is -2.41. The molecule has 1 saturated heterocycles. The Morgan fingerprint density at radius 1 is 1.05 bits per heavy atom. The van der Waals surface area contributed by atoms with Crippen molar-refractivity contribution in [2.75, 3.05) is 12.3 Å². The second kappa shape index (κ2) is 12.6. The first-order chi connectivity index (χ1) is 19.6. The predicted molar refractivity (Wildman–Crippen MR) is 143 cm³/mol. The third-order valence-electron chi connectivity index (χ3n) is 7.44. The van der Waals surface area contributed by atoms with Crippen molar-refractivity contribution in [3.8, 4) is 5.88 Å². The number of hydrogen-bond acceptors (Lipinski definition) is 10. The summed E-state index contributed by atoms with van der Waals surface area (Å²) in [7, 11) is 0. The number of Topliss-reactive ketones (excluding diaryl/α,β-unsaturated/α-hetero) is 2. The summed E-state index contributed by atoms with van der Waals surface area (Å²) in [6.07, 6.45) is -4.60. The lowest BCUT2D eigenvalue weighted by molar-refractivity contribution is -0.179. The van der Waals surface area contributed by atoms with Gasteiger partial charge in [-0.15, -0.1) is 0 Å². The van der Waals surface area contributed by atoms with Crippen LogP contribution in [0.4, 0.5) is 23.7 Å². The average Bonchev–Trinajstić information content (AvgIpc) is 3.33. The second-order valence-electron chi connectivity index (χ2n) is 11.0. The number of nitrogens with two attached hydrogens (primary N) is 2. The number of carboxylic acids is 1. The smallest absolute Gasteiger partial charge is 0.452 e. The van der Waals surface area contributed by atoms with Crippen molar-refractivity contribution in [2.24, 2.45) is 17.6 Å². The molecular weight excluding hydrogens is 585 g/mol. The number of amides is 3. The zero-order valence-electron chi connectivity index (χ0n) is 24.2. The van der Waals surface area contributed by atoms with E-state index >= 15 is 0 Å². The Labute approximate surface area is 242 Å². The van der Waals surface area contributed by atoms with Gasteiger partial charge in [-0.25, -0.2) is 14.2 Å². The molecule has 3 amide bonds. The van der Waals surface area contributed by atoms with Crippen LogP contribution < -0.4 is 22.7 Å². The van der Waals surface area contributed by atoms with Crippen LogP contribution in [-0.4, -0.2) is 89.0 Å². The van der Waals surface area contributed by atoms with Gasteiger partial charge in [0, 0.05) is 12.6 Å². The molecule has 1 fully saturated rings. The molecule has 240 valence electrons. The number of aliphatic carboxylic acids is 1. The quantitative estimate of drug-likeness (QED) is 0.252. The number of anilines is 1. The SMILES string of the molecule is CC(C)[C@@H](C(=O)C(F)(F)F)N(C(=O)N1CCC[C@H]1C)C(=O)[C@](N)(C(=O)Cn1c(O)c(N)c(=O)n(CC(=O)O)c1=O)C(C)C. The van der Waals surface area contributed by atoms with Gasteiger partial charge in [0.25, 0.3) is 17.2 Å². The number of aromatic nitrogens is 2. The summed E-state index contributed by atoms with van der Waals surface area (Å²) in [6.45, 7) is 3.84. The molecule has 0 aliphatic carbocycles. The van der Waals surface area contributed by atoms with Crippen LogP contribution in [-0.2, 0) is 32.3 Å². The minimum Gasteiger partial charge on any atom is -0.493 e. The Hall–Kier alpha value is -4.22. The van der Waals surface area contributed by atoms with Crippen LogP contribution >= 0.6 is 0 Å². The van der Waals surface area contributed by atoms with E-state index in [0.29, 0.717) is 12.8 Å². The summed E-state index contributed by atoms with van der Waals surface area (Å²) in [6, 6.07) is -4.24. The van der Waals surface area contributed by atoms with Crippen molar-refractivity contribution >= 4 is 35.2 Å². The van der Waals surface area contributed by atoms with E-state index in [-0.39, 0.29) is 20.6 Å². The standard InChI is InChI=1S/C25H35F3N6O9/c1-11(2)17(18(38)25(26,27)28)34(23(43)31-8-6-7-13(31)5)21(41)24(30,12(3)4)14(35)9-32-19(39)16(29)20(40)33(22(32)42)10-15(36)37/h11-13,17,39H,6-10,29-30H2,1-5H3,(H,36,37)/t13-,17+,24-/m1/s1. The molecule has 0 saturated carbocycles. The zero-order chi connectivity index (χ0) is 33.4. The number of imide groups is 1. The summed E-state index contributed by atoms with van der Waals surface area (Å²) in [5, 5.41) is 19.4. The van der Waals surface area contributed by atoms with Gasteiger partial charge >= 0.3 is 23.9 Å². The first-order valence-electron chi connectivity index (χ1n) is 13.2. The minimum absolute atomic E-state index is 0.0374. The number of nitrogen functional groups attached to an aromatic ring is 1. The molecule has 3 atom stereocenters. The van der Waals surface area contributed by atoms with E-state index in [1.807, 2.05) is 0 Å². The molecule has 15 nitrogen and oxygen atoms in total. The van der Waals surface area contributed by atoms with Crippen LogP contribution in [0.3, 0.4) is 0 Å². The maximum atomic E-state index is 14.1. The molecule has 1 aromatic rings. The summed E-state index contributed by atoms with van der Waals surface area (Å²) in [5.41, 5.74) is 4.96. The Morgan fingerprint density at radius 3 is 2.02 bits per heavy atom. The fraction of sp³-hybridized carbons (Fsp3) is 0.640. The number of carboxylic acid groups (broad SMARTS) is 1. The van der Waals surface area contributed by atoms with E-state index in [4.69, 9.17) is 16.6 Å². The van der Waals surface area contributed by atoms with E-state index in [0.717, 1.165) is 18.7 Å². The predicted octanol–water partition coefficient (Wildman–Crippen LogP) is -0.106. The highest BCUT2D eigenvalue weighted by Gasteiger charge is 2.56. The van der Waals surface area contributed by atoms with Gasteiger partial charge in [0.2, 0.25) is 5.88 Å². The lowest BCUT2D eigenvalue weighted by Crippen LogP contribution is -2.70. The highest BCUT2D eigenvalue weighted by molar-refractivity contribution is 6.16. The van der Waals surface area contributed by atoms with E-state index in [2.05, 4.69) is 0 Å². The molecule has 6 N–H and O–H groups in total. The van der Waals surface area contributed by atoms with Gasteiger partial charge in [0.1, 0.15) is 12.6 Å². The molecular formula is C25H35F3N6O9. The van der Waals surface area contributed by atoms with Gasteiger partial charge in [-0.1, -0.05) is 27.7 Å². The molecule has 2 heterocycles. The van der Waals surface area contributed by atoms with Gasteiger partial charge in [-0.3, -0.25) is 33.4 Å². The molecule has 0 aromatic carbocycles. The summed E-state index contributed by atoms with van der Waals surface area (Å²) in [5.74, 6) is -11.0. The number of urea groups is 1. The number of halogens is 3. The van der Waals surface area contributed by atoms with Crippen LogP contribution in [0.2, 0.25) is 0 Å². The highest BCUT2D eigenvalue weighted by atomic mass is 19.4. The number of likely N-dealkylation sites (tertiary alicyclic amines) is 1. The molecule has 0 radical (unpaired) electrons. The molecule has 0 spiro atoms. The highest BCUT2D eigenvalue weighted by Crippen LogP contribution is 2.31. The number of carbonyl (C=O) groups excluding carboxylic acids is 4. The average molecular weight is 621 g/mol. The maximum absolute atomic E-state index is 14.1. The van der Waals surface area contributed by atoms with E-state index < -0.39 is 101 Å². The zero-order valence-corrected chi connectivity index (χ0v) is 24.2. The number of hydrogen-bond donors (Lipinski definition) is 4. The normalized spacial score (nSPS) is 17.6. The summed E-state index contributed by atoms with van der Waals surface area (Å²) in [4.78, 5) is 91.6. The number of aromatic hydroxyl groups is 1. The van der Waals surface area contributed by atoms with Gasteiger partial charge < -0.3 is 26.6 Å². The molecule has 43 heavy (non-hydrogen) atoms. The molecule has 18 heteroatoms. The first kappa shape index (κ1) is 35.0. The molecule has 1 aliphatic rings. The maximum Gasteiger partial charge on any atom is 0.452 e. The van der Waals surface area contributed by atoms with Gasteiger partial charge in [-0.2, -0.15) is 13.2 Å². The van der Waals surface area contributed by atoms with Crippen molar-refractivity contribution in [1.82, 2.24) is 18.9 Å². The number of alkyl halides is 3. The third-order valence-corrected chi connectivity index (χ3v) is 7.44. The van der Waals surface area contributed by atoms with Gasteiger partial charge in [0.15, 0.2) is 17.0 Å². The van der Waals surface area contributed by atoms with Crippen LogP contribution in [0.15, 0.2) is 9.59 Å². The largest absolute Gasteiger partial charge is 0.493 e. The second-order valence-corrected chi connectivity index (χ2v) is 11.0. The summed E-state index contributed by atoms with van der Waals surface area (Å²) < 4.78 is 41.4. The Balaban J connectivity index is 2.77. The van der Waals surface area contributed by atoms with E-state index in [9.17, 15) is 51.8 Å². The fourth-order valence-electron chi connectivity index (χ4n) is 4.86. The molecule has 1 aliphatic heterocycles. The van der Waals surface area contributed by atoms with Crippen molar-refractivity contribution in [2.45, 2.75) is 84.3 Å². The van der Waals surface area contributed by atoms with Crippen LogP contribution in [0.5, 0.6) is 5.88 Å². The molecule has 0 unspecified atom stereocenters. The monoisotopic (exact) mass is 620 g/mol. The van der Waals surface area contributed by atoms with Crippen LogP contribution in [0.25, 0.3) is 0 Å². The fourth-order valence-corrected chi connectivity index (χ4v) is 4.86. The van der Waals surface area contributed by atoms with Crippen molar-refractivity contribution in [3.05, 3.63) is 20.8 Å². The third kappa shape index (κ3) is 6.57. The minimum atomic E-state index is -5.49. The Bertz CT molecular complexity index is 1430. The van der Waals surface area contributed by atoms with Crippen molar-refractivity contribution in [1.29, 1.82) is 0 Å². The first-order valence-corrected chi connectivity index (χ1v) is 13.2. The van der Waals surface area contributed by atoms with E-state index in [1.165, 1.54) is 13.8 Å². The number of rotatable bonds is 10. The molecule has 2 rings (SSSR count). The topological polar surface area (TPSA) is 228 Å².